The van der Waals surface area contributed by atoms with Crippen LogP contribution in [0.1, 0.15) is 16.3 Å². The molecule has 0 spiro atoms. The minimum Gasteiger partial charge on any atom is -0.350 e. The van der Waals surface area contributed by atoms with E-state index >= 15 is 0 Å². The van der Waals surface area contributed by atoms with E-state index in [9.17, 15) is 9.18 Å². The van der Waals surface area contributed by atoms with Crippen LogP contribution >= 0.6 is 0 Å². The Kier molecular flexibility index (Phi) is 4.04. The Morgan fingerprint density at radius 2 is 1.92 bits per heavy atom. The molecule has 130 valence electrons. The van der Waals surface area contributed by atoms with Crippen molar-refractivity contribution in [3.05, 3.63) is 66.0 Å². The number of benzene rings is 2. The van der Waals surface area contributed by atoms with Gasteiger partial charge in [0.15, 0.2) is 5.82 Å². The number of hydrogen-bond donors (Lipinski definition) is 1. The van der Waals surface area contributed by atoms with Crippen LogP contribution in [0.4, 0.5) is 4.39 Å². The van der Waals surface area contributed by atoms with Crippen LogP contribution in [-0.4, -0.2) is 32.0 Å². The number of nitrogens with zero attached hydrogens (tertiary/aromatic N) is 4. The molecule has 0 fully saturated rings. The molecule has 4 aromatic rings. The van der Waals surface area contributed by atoms with E-state index < -0.39 is 0 Å². The summed E-state index contributed by atoms with van der Waals surface area (Å²) in [6.45, 7) is 0.367. The Hall–Kier alpha value is -3.35. The van der Waals surface area contributed by atoms with Crippen molar-refractivity contribution < 1.29 is 9.18 Å². The second-order valence-electron chi connectivity index (χ2n) is 5.94. The average molecular weight is 349 g/mol. The smallest absolute Gasteiger partial charge is 0.271 e. The third-order valence-corrected chi connectivity index (χ3v) is 4.27. The lowest BCUT2D eigenvalue weighted by Gasteiger charge is -2.06. The van der Waals surface area contributed by atoms with E-state index in [1.54, 1.807) is 6.07 Å². The molecule has 4 rings (SSSR count). The molecule has 7 heteroatoms. The summed E-state index contributed by atoms with van der Waals surface area (Å²) in [5.74, 6) is 0.0583. The van der Waals surface area contributed by atoms with E-state index in [0.717, 1.165) is 11.0 Å². The maximum atomic E-state index is 13.8. The first-order valence-corrected chi connectivity index (χ1v) is 8.23. The summed E-state index contributed by atoms with van der Waals surface area (Å²) >= 11 is 0. The van der Waals surface area contributed by atoms with Crippen molar-refractivity contribution in [2.24, 2.45) is 7.05 Å². The molecule has 0 aliphatic carbocycles. The summed E-state index contributed by atoms with van der Waals surface area (Å²) in [7, 11) is 1.83. The summed E-state index contributed by atoms with van der Waals surface area (Å²) in [4.78, 5) is 25.2. The van der Waals surface area contributed by atoms with Gasteiger partial charge in [0.1, 0.15) is 17.0 Å². The fraction of sp³-hybridized carbons (Fsp3) is 0.158. The molecule has 0 aliphatic heterocycles. The number of carbonyl (C=O) groups excluding carboxylic acids is 1. The fourth-order valence-corrected chi connectivity index (χ4v) is 2.90. The van der Waals surface area contributed by atoms with E-state index in [-0.39, 0.29) is 17.4 Å². The highest BCUT2D eigenvalue weighted by Gasteiger charge is 2.12. The first-order chi connectivity index (χ1) is 12.6. The number of imidazole rings is 1. The van der Waals surface area contributed by atoms with Crippen LogP contribution in [0.3, 0.4) is 0 Å². The van der Waals surface area contributed by atoms with Gasteiger partial charge in [-0.3, -0.25) is 9.78 Å². The van der Waals surface area contributed by atoms with Crippen molar-refractivity contribution in [2.75, 3.05) is 6.54 Å². The summed E-state index contributed by atoms with van der Waals surface area (Å²) in [5.41, 5.74) is 2.75. The molecule has 26 heavy (non-hydrogen) atoms. The molecule has 0 radical (unpaired) electrons. The summed E-state index contributed by atoms with van der Waals surface area (Å²) < 4.78 is 15.7. The lowest BCUT2D eigenvalue weighted by Crippen LogP contribution is -2.27. The predicted octanol–water partition coefficient (Wildman–Crippen LogP) is 2.63. The molecule has 1 amide bonds. The van der Waals surface area contributed by atoms with Crippen LogP contribution in [0.15, 0.2) is 48.7 Å². The molecule has 0 atom stereocenters. The topological polar surface area (TPSA) is 72.7 Å². The molecule has 0 unspecified atom stereocenters. The monoisotopic (exact) mass is 349 g/mol. The second-order valence-corrected chi connectivity index (χ2v) is 5.94. The highest BCUT2D eigenvalue weighted by molar-refractivity contribution is 5.93. The van der Waals surface area contributed by atoms with Gasteiger partial charge in [-0.05, 0) is 24.3 Å². The van der Waals surface area contributed by atoms with E-state index in [1.165, 1.54) is 12.3 Å². The molecule has 2 aromatic carbocycles. The SMILES string of the molecule is Cn1c(CCNC(=O)c2cnc3ccccc3n2)nc2c(F)cccc21. The van der Waals surface area contributed by atoms with E-state index in [4.69, 9.17) is 0 Å². The lowest BCUT2D eigenvalue weighted by atomic mass is 10.3. The van der Waals surface area contributed by atoms with Crippen molar-refractivity contribution in [3.63, 3.8) is 0 Å². The number of hydrogen-bond acceptors (Lipinski definition) is 4. The summed E-state index contributed by atoms with van der Waals surface area (Å²) in [5, 5.41) is 2.81. The van der Waals surface area contributed by atoms with Crippen molar-refractivity contribution in [1.29, 1.82) is 0 Å². The molecule has 0 saturated heterocycles. The van der Waals surface area contributed by atoms with Gasteiger partial charge >= 0.3 is 0 Å². The van der Waals surface area contributed by atoms with Crippen molar-refractivity contribution in [1.82, 2.24) is 24.8 Å². The van der Waals surface area contributed by atoms with Gasteiger partial charge in [0, 0.05) is 20.0 Å². The number of rotatable bonds is 4. The number of halogens is 1. The average Bonchev–Trinajstić information content (AvgIpc) is 2.99. The van der Waals surface area contributed by atoms with Gasteiger partial charge in [-0.2, -0.15) is 0 Å². The normalized spacial score (nSPS) is 11.2. The van der Waals surface area contributed by atoms with E-state index in [2.05, 4.69) is 20.3 Å². The zero-order valence-corrected chi connectivity index (χ0v) is 14.1. The Labute approximate surface area is 148 Å². The lowest BCUT2D eigenvalue weighted by molar-refractivity contribution is 0.0949. The van der Waals surface area contributed by atoms with Gasteiger partial charge < -0.3 is 9.88 Å². The highest BCUT2D eigenvalue weighted by atomic mass is 19.1. The molecule has 0 aliphatic rings. The molecular formula is C19H16FN5O. The minimum atomic E-state index is -0.347. The predicted molar refractivity (Wildman–Crippen MR) is 96.2 cm³/mol. The standard InChI is InChI=1S/C19H16FN5O/c1-25-16-8-4-5-12(20)18(16)24-17(25)9-10-21-19(26)15-11-22-13-6-2-3-7-14(13)23-15/h2-8,11H,9-10H2,1H3,(H,21,26). The third-order valence-electron chi connectivity index (χ3n) is 4.27. The van der Waals surface area contributed by atoms with E-state index in [1.807, 2.05) is 41.9 Å². The van der Waals surface area contributed by atoms with Gasteiger partial charge in [0.2, 0.25) is 0 Å². The number of para-hydroxylation sites is 3. The Morgan fingerprint density at radius 3 is 2.73 bits per heavy atom. The molecule has 2 heterocycles. The molecule has 6 nitrogen and oxygen atoms in total. The number of aryl methyl sites for hydroxylation is 1. The van der Waals surface area contributed by atoms with Crippen LogP contribution < -0.4 is 5.32 Å². The zero-order valence-electron chi connectivity index (χ0n) is 14.1. The maximum Gasteiger partial charge on any atom is 0.271 e. The Morgan fingerprint density at radius 1 is 1.12 bits per heavy atom. The summed E-state index contributed by atoms with van der Waals surface area (Å²) in [6, 6.07) is 12.2. The maximum absolute atomic E-state index is 13.8. The largest absolute Gasteiger partial charge is 0.350 e. The molecule has 0 saturated carbocycles. The number of carbonyl (C=O) groups is 1. The number of amides is 1. The van der Waals surface area contributed by atoms with Crippen LogP contribution in [0.2, 0.25) is 0 Å². The van der Waals surface area contributed by atoms with Crippen LogP contribution in [0, 0.1) is 5.82 Å². The van der Waals surface area contributed by atoms with Crippen LogP contribution in [0.5, 0.6) is 0 Å². The minimum absolute atomic E-state index is 0.264. The summed E-state index contributed by atoms with van der Waals surface area (Å²) in [6.07, 6.45) is 1.94. The first kappa shape index (κ1) is 16.1. The van der Waals surface area contributed by atoms with Gasteiger partial charge in [-0.1, -0.05) is 18.2 Å². The first-order valence-electron chi connectivity index (χ1n) is 8.23. The van der Waals surface area contributed by atoms with Gasteiger partial charge in [-0.15, -0.1) is 0 Å². The Balaban J connectivity index is 1.46. The third kappa shape index (κ3) is 2.88. The van der Waals surface area contributed by atoms with Crippen molar-refractivity contribution in [2.45, 2.75) is 6.42 Å². The molecule has 1 N–H and O–H groups in total. The number of aromatic nitrogens is 4. The number of fused-ring (bicyclic) bond motifs is 2. The highest BCUT2D eigenvalue weighted by Crippen LogP contribution is 2.18. The van der Waals surface area contributed by atoms with Gasteiger partial charge in [-0.25, -0.2) is 14.4 Å². The van der Waals surface area contributed by atoms with Crippen LogP contribution in [0.25, 0.3) is 22.1 Å². The number of nitrogens with one attached hydrogen (secondary N) is 1. The van der Waals surface area contributed by atoms with Crippen molar-refractivity contribution >= 4 is 28.0 Å². The van der Waals surface area contributed by atoms with Crippen LogP contribution in [-0.2, 0) is 13.5 Å². The second kappa shape index (κ2) is 6.51. The Bertz CT molecular complexity index is 1120. The van der Waals surface area contributed by atoms with Crippen molar-refractivity contribution in [3.8, 4) is 0 Å². The fourth-order valence-electron chi connectivity index (χ4n) is 2.90. The van der Waals surface area contributed by atoms with Gasteiger partial charge in [0.05, 0.1) is 22.7 Å². The molecule has 2 aromatic heterocycles. The van der Waals surface area contributed by atoms with E-state index in [0.29, 0.717) is 29.8 Å². The zero-order chi connectivity index (χ0) is 18.1. The van der Waals surface area contributed by atoms with Gasteiger partial charge in [0.25, 0.3) is 5.91 Å². The molecule has 0 bridgehead atoms. The quantitative estimate of drug-likeness (QED) is 0.615. The molecular weight excluding hydrogens is 333 g/mol.